The van der Waals surface area contributed by atoms with Gasteiger partial charge in [-0.15, -0.1) is 11.8 Å². The number of alkyl halides is 3. The number of benzene rings is 1. The first-order chi connectivity index (χ1) is 6.38. The summed E-state index contributed by atoms with van der Waals surface area (Å²) in [7, 11) is 0. The summed E-state index contributed by atoms with van der Waals surface area (Å²) in [5, 5.41) is 0.374. The lowest BCUT2D eigenvalue weighted by Crippen LogP contribution is -2.10. The molecule has 0 amide bonds. The summed E-state index contributed by atoms with van der Waals surface area (Å²) in [6, 6.07) is 5.00. The lowest BCUT2D eigenvalue weighted by atomic mass is 10.2. The fraction of sp³-hybridized carbons (Fsp3) is 0.333. The van der Waals surface area contributed by atoms with E-state index in [2.05, 4.69) is 0 Å². The SMILES string of the molecule is Cc1ccc(SCC(F)(F)F)c(Cl)c1. The molecular weight excluding hydrogens is 233 g/mol. The maximum atomic E-state index is 11.9. The molecule has 0 nitrogen and oxygen atoms in total. The van der Waals surface area contributed by atoms with Crippen LogP contribution in [0, 0.1) is 6.92 Å². The molecule has 0 fully saturated rings. The number of hydrogen-bond acceptors (Lipinski definition) is 1. The molecule has 0 aromatic heterocycles. The predicted molar refractivity (Wildman–Crippen MR) is 53.0 cm³/mol. The molecule has 0 saturated carbocycles. The van der Waals surface area contributed by atoms with Gasteiger partial charge in [0.1, 0.15) is 0 Å². The minimum Gasteiger partial charge on any atom is -0.170 e. The van der Waals surface area contributed by atoms with Crippen LogP contribution in [0.1, 0.15) is 5.56 Å². The zero-order valence-electron chi connectivity index (χ0n) is 7.36. The van der Waals surface area contributed by atoms with Gasteiger partial charge in [0.25, 0.3) is 0 Å². The minimum atomic E-state index is -4.15. The highest BCUT2D eigenvalue weighted by molar-refractivity contribution is 7.99. The smallest absolute Gasteiger partial charge is 0.170 e. The normalized spacial score (nSPS) is 11.8. The molecule has 0 atom stereocenters. The molecule has 1 rings (SSSR count). The van der Waals surface area contributed by atoms with Crippen molar-refractivity contribution in [1.82, 2.24) is 0 Å². The molecule has 0 aliphatic heterocycles. The van der Waals surface area contributed by atoms with E-state index in [1.807, 2.05) is 6.92 Å². The first-order valence-corrected chi connectivity index (χ1v) is 5.20. The maximum Gasteiger partial charge on any atom is 0.398 e. The fourth-order valence-electron chi connectivity index (χ4n) is 0.883. The molecule has 0 saturated heterocycles. The van der Waals surface area contributed by atoms with Crippen LogP contribution < -0.4 is 0 Å². The first-order valence-electron chi connectivity index (χ1n) is 3.84. The van der Waals surface area contributed by atoms with Crippen molar-refractivity contribution in [3.05, 3.63) is 28.8 Å². The second-order valence-electron chi connectivity index (χ2n) is 2.84. The van der Waals surface area contributed by atoms with Crippen LogP contribution in [-0.4, -0.2) is 11.9 Å². The van der Waals surface area contributed by atoms with Crippen molar-refractivity contribution in [2.75, 3.05) is 5.75 Å². The Hall–Kier alpha value is -0.350. The highest BCUT2D eigenvalue weighted by Crippen LogP contribution is 2.32. The summed E-state index contributed by atoms with van der Waals surface area (Å²) in [4.78, 5) is 0.467. The summed E-state index contributed by atoms with van der Waals surface area (Å²) in [6.07, 6.45) is -4.15. The van der Waals surface area contributed by atoms with Gasteiger partial charge in [-0.25, -0.2) is 0 Å². The summed E-state index contributed by atoms with van der Waals surface area (Å²) in [5.74, 6) is -0.907. The van der Waals surface area contributed by atoms with Crippen LogP contribution in [0.5, 0.6) is 0 Å². The number of hydrogen-bond donors (Lipinski definition) is 0. The quantitative estimate of drug-likeness (QED) is 0.695. The first kappa shape index (κ1) is 11.7. The second-order valence-corrected chi connectivity index (χ2v) is 4.26. The largest absolute Gasteiger partial charge is 0.398 e. The summed E-state index contributed by atoms with van der Waals surface area (Å²) in [6.45, 7) is 1.84. The molecule has 0 N–H and O–H groups in total. The Morgan fingerprint density at radius 1 is 1.36 bits per heavy atom. The molecule has 1 aromatic rings. The van der Waals surface area contributed by atoms with E-state index in [9.17, 15) is 13.2 Å². The number of thioether (sulfide) groups is 1. The molecule has 78 valence electrons. The van der Waals surface area contributed by atoms with Gasteiger partial charge in [0, 0.05) is 4.90 Å². The monoisotopic (exact) mass is 240 g/mol. The molecule has 0 aliphatic carbocycles. The van der Waals surface area contributed by atoms with Gasteiger partial charge in [0.2, 0.25) is 0 Å². The molecule has 0 spiro atoms. The lowest BCUT2D eigenvalue weighted by molar-refractivity contribution is -0.105. The van der Waals surface area contributed by atoms with E-state index in [1.165, 1.54) is 0 Å². The third-order valence-corrected chi connectivity index (χ3v) is 3.04. The van der Waals surface area contributed by atoms with Crippen LogP contribution in [0.2, 0.25) is 5.02 Å². The Labute approximate surface area is 89.4 Å². The van der Waals surface area contributed by atoms with Crippen molar-refractivity contribution in [2.24, 2.45) is 0 Å². The molecule has 0 bridgehead atoms. The summed E-state index contributed by atoms with van der Waals surface area (Å²) in [5.41, 5.74) is 0.936. The molecule has 14 heavy (non-hydrogen) atoms. The van der Waals surface area contributed by atoms with Crippen LogP contribution in [0.15, 0.2) is 23.1 Å². The number of rotatable bonds is 2. The van der Waals surface area contributed by atoms with Crippen molar-refractivity contribution < 1.29 is 13.2 Å². The van der Waals surface area contributed by atoms with E-state index in [-0.39, 0.29) is 0 Å². The molecular formula is C9H8ClF3S. The van der Waals surface area contributed by atoms with Crippen LogP contribution >= 0.6 is 23.4 Å². The summed E-state index contributed by atoms with van der Waals surface area (Å²) >= 11 is 6.48. The van der Waals surface area contributed by atoms with Crippen molar-refractivity contribution in [3.63, 3.8) is 0 Å². The summed E-state index contributed by atoms with van der Waals surface area (Å²) < 4.78 is 35.7. The highest BCUT2D eigenvalue weighted by Gasteiger charge is 2.27. The zero-order chi connectivity index (χ0) is 10.8. The minimum absolute atomic E-state index is 0.374. The van der Waals surface area contributed by atoms with Gasteiger partial charge in [0.05, 0.1) is 10.8 Å². The topological polar surface area (TPSA) is 0 Å². The second kappa shape index (κ2) is 4.45. The van der Waals surface area contributed by atoms with Crippen molar-refractivity contribution in [1.29, 1.82) is 0 Å². The Bertz CT molecular complexity index is 322. The highest BCUT2D eigenvalue weighted by atomic mass is 35.5. The van der Waals surface area contributed by atoms with E-state index in [1.54, 1.807) is 18.2 Å². The number of aryl methyl sites for hydroxylation is 1. The van der Waals surface area contributed by atoms with Gasteiger partial charge in [-0.05, 0) is 24.6 Å². The van der Waals surface area contributed by atoms with Gasteiger partial charge in [-0.2, -0.15) is 13.2 Å². The molecule has 0 heterocycles. The molecule has 0 unspecified atom stereocenters. The fourth-order valence-corrected chi connectivity index (χ4v) is 1.96. The number of halogens is 4. The Morgan fingerprint density at radius 2 is 2.00 bits per heavy atom. The molecule has 0 radical (unpaired) electrons. The van der Waals surface area contributed by atoms with Gasteiger partial charge in [-0.3, -0.25) is 0 Å². The zero-order valence-corrected chi connectivity index (χ0v) is 8.93. The standard InChI is InChI=1S/C9H8ClF3S/c1-6-2-3-8(7(10)4-6)14-5-9(11,12)13/h2-4H,5H2,1H3. The average molecular weight is 241 g/mol. The van der Waals surface area contributed by atoms with Crippen molar-refractivity contribution >= 4 is 23.4 Å². The van der Waals surface area contributed by atoms with E-state index < -0.39 is 11.9 Å². The van der Waals surface area contributed by atoms with Crippen LogP contribution in [-0.2, 0) is 0 Å². The van der Waals surface area contributed by atoms with E-state index >= 15 is 0 Å². The lowest BCUT2D eigenvalue weighted by Gasteiger charge is -2.07. The van der Waals surface area contributed by atoms with Crippen LogP contribution in [0.3, 0.4) is 0 Å². The average Bonchev–Trinajstić information content (AvgIpc) is 2.00. The third-order valence-electron chi connectivity index (χ3n) is 1.48. The van der Waals surface area contributed by atoms with Crippen molar-refractivity contribution in [3.8, 4) is 0 Å². The molecule has 5 heteroatoms. The molecule has 1 aromatic carbocycles. The van der Waals surface area contributed by atoms with E-state index in [0.29, 0.717) is 21.7 Å². The van der Waals surface area contributed by atoms with Crippen LogP contribution in [0.4, 0.5) is 13.2 Å². The Morgan fingerprint density at radius 3 is 2.50 bits per heavy atom. The van der Waals surface area contributed by atoms with Crippen molar-refractivity contribution in [2.45, 2.75) is 18.0 Å². The van der Waals surface area contributed by atoms with Gasteiger partial charge >= 0.3 is 6.18 Å². The van der Waals surface area contributed by atoms with Gasteiger partial charge in [0.15, 0.2) is 0 Å². The van der Waals surface area contributed by atoms with Gasteiger partial charge < -0.3 is 0 Å². The molecule has 0 aliphatic rings. The van der Waals surface area contributed by atoms with E-state index in [4.69, 9.17) is 11.6 Å². The Kier molecular flexibility index (Phi) is 3.72. The van der Waals surface area contributed by atoms with Crippen LogP contribution in [0.25, 0.3) is 0 Å². The van der Waals surface area contributed by atoms with Gasteiger partial charge in [-0.1, -0.05) is 17.7 Å². The predicted octanol–water partition coefficient (Wildman–Crippen LogP) is 4.30. The Balaban J connectivity index is 2.68. The maximum absolute atomic E-state index is 11.9. The van der Waals surface area contributed by atoms with E-state index in [0.717, 1.165) is 5.56 Å². The third kappa shape index (κ3) is 3.80.